The Morgan fingerprint density at radius 2 is 1.59 bits per heavy atom. The van der Waals surface area contributed by atoms with Crippen LogP contribution in [-0.4, -0.2) is 10.8 Å². The third kappa shape index (κ3) is 1.53. The molecule has 3 heteroatoms. The highest BCUT2D eigenvalue weighted by Gasteiger charge is 2.17. The van der Waals surface area contributed by atoms with Crippen LogP contribution in [0.3, 0.4) is 0 Å². The standard InChI is InChI=1S/C19H13N3/c1-6-13-10-11-20-18(13)14(7-1)19-21-15-8-2-4-12-5-3-9-16(22-19)17(12)15/h1-11,20H,(H,21,22). The summed E-state index contributed by atoms with van der Waals surface area (Å²) in [6.07, 6.45) is 1.96. The molecule has 1 aliphatic rings. The Hall–Kier alpha value is -3.07. The van der Waals surface area contributed by atoms with E-state index >= 15 is 0 Å². The zero-order chi connectivity index (χ0) is 14.5. The molecule has 0 saturated carbocycles. The number of hydrogen-bond donors (Lipinski definition) is 2. The molecular formula is C19H13N3. The summed E-state index contributed by atoms with van der Waals surface area (Å²) in [4.78, 5) is 8.16. The third-order valence-electron chi connectivity index (χ3n) is 4.21. The van der Waals surface area contributed by atoms with Crippen molar-refractivity contribution in [2.24, 2.45) is 4.99 Å². The van der Waals surface area contributed by atoms with Gasteiger partial charge in [-0.1, -0.05) is 36.4 Å². The summed E-state index contributed by atoms with van der Waals surface area (Å²) >= 11 is 0. The molecule has 4 aromatic rings. The number of nitrogens with one attached hydrogen (secondary N) is 2. The van der Waals surface area contributed by atoms with Crippen LogP contribution >= 0.6 is 0 Å². The van der Waals surface area contributed by atoms with Crippen molar-refractivity contribution >= 4 is 38.9 Å². The van der Waals surface area contributed by atoms with E-state index in [0.29, 0.717) is 0 Å². The minimum Gasteiger partial charge on any atom is -0.361 e. The van der Waals surface area contributed by atoms with Gasteiger partial charge >= 0.3 is 0 Å². The Bertz CT molecular complexity index is 1050. The number of anilines is 1. The first-order valence-electron chi connectivity index (χ1n) is 7.34. The first kappa shape index (κ1) is 11.6. The molecule has 1 aliphatic heterocycles. The van der Waals surface area contributed by atoms with Gasteiger partial charge in [-0.25, -0.2) is 4.99 Å². The molecule has 0 aliphatic carbocycles. The molecule has 3 nitrogen and oxygen atoms in total. The van der Waals surface area contributed by atoms with Gasteiger partial charge in [0, 0.05) is 28.2 Å². The van der Waals surface area contributed by atoms with Crippen LogP contribution in [0, 0.1) is 0 Å². The van der Waals surface area contributed by atoms with Gasteiger partial charge in [0.15, 0.2) is 0 Å². The highest BCUT2D eigenvalue weighted by Crippen LogP contribution is 2.36. The summed E-state index contributed by atoms with van der Waals surface area (Å²) in [5.41, 5.74) is 4.33. The molecule has 1 aromatic heterocycles. The third-order valence-corrected chi connectivity index (χ3v) is 4.21. The van der Waals surface area contributed by atoms with Crippen LogP contribution in [0.4, 0.5) is 11.4 Å². The predicted molar refractivity (Wildman–Crippen MR) is 92.1 cm³/mol. The normalized spacial score (nSPS) is 13.2. The Morgan fingerprint density at radius 3 is 2.55 bits per heavy atom. The lowest BCUT2D eigenvalue weighted by atomic mass is 10.0. The first-order valence-corrected chi connectivity index (χ1v) is 7.34. The number of para-hydroxylation sites is 1. The smallest absolute Gasteiger partial charge is 0.140 e. The van der Waals surface area contributed by atoms with Gasteiger partial charge in [0.2, 0.25) is 0 Å². The van der Waals surface area contributed by atoms with E-state index in [1.165, 1.54) is 16.2 Å². The van der Waals surface area contributed by atoms with E-state index in [9.17, 15) is 0 Å². The first-order chi connectivity index (χ1) is 10.9. The molecular weight excluding hydrogens is 270 g/mol. The molecule has 0 amide bonds. The fourth-order valence-electron chi connectivity index (χ4n) is 3.20. The van der Waals surface area contributed by atoms with Gasteiger partial charge in [0.1, 0.15) is 5.84 Å². The summed E-state index contributed by atoms with van der Waals surface area (Å²) in [6, 6.07) is 20.9. The second-order valence-electron chi connectivity index (χ2n) is 5.51. The van der Waals surface area contributed by atoms with Crippen molar-refractivity contribution in [2.45, 2.75) is 0 Å². The predicted octanol–water partition coefficient (Wildman–Crippen LogP) is 4.82. The molecule has 22 heavy (non-hydrogen) atoms. The second kappa shape index (κ2) is 4.21. The highest BCUT2D eigenvalue weighted by atomic mass is 15.0. The quantitative estimate of drug-likeness (QED) is 0.516. The number of hydrogen-bond acceptors (Lipinski definition) is 2. The molecule has 0 saturated heterocycles. The zero-order valence-corrected chi connectivity index (χ0v) is 11.8. The van der Waals surface area contributed by atoms with E-state index in [2.05, 4.69) is 71.0 Å². The van der Waals surface area contributed by atoms with Gasteiger partial charge in [0.05, 0.1) is 11.2 Å². The van der Waals surface area contributed by atoms with E-state index < -0.39 is 0 Å². The van der Waals surface area contributed by atoms with E-state index in [-0.39, 0.29) is 0 Å². The molecule has 104 valence electrons. The Balaban J connectivity index is 1.80. The average molecular weight is 283 g/mol. The van der Waals surface area contributed by atoms with Crippen LogP contribution in [0.15, 0.2) is 71.9 Å². The van der Waals surface area contributed by atoms with Gasteiger partial charge in [-0.3, -0.25) is 0 Å². The minimum absolute atomic E-state index is 0.888. The zero-order valence-electron chi connectivity index (χ0n) is 11.8. The lowest BCUT2D eigenvalue weighted by Gasteiger charge is -2.19. The van der Waals surface area contributed by atoms with Gasteiger partial charge in [-0.05, 0) is 29.7 Å². The Labute approximate surface area is 127 Å². The van der Waals surface area contributed by atoms with Crippen LogP contribution in [0.5, 0.6) is 0 Å². The van der Waals surface area contributed by atoms with Crippen molar-refractivity contribution in [3.05, 3.63) is 72.4 Å². The lowest BCUT2D eigenvalue weighted by Crippen LogP contribution is -2.16. The number of aromatic nitrogens is 1. The molecule has 0 spiro atoms. The minimum atomic E-state index is 0.888. The Morgan fingerprint density at radius 1 is 0.773 bits per heavy atom. The molecule has 5 rings (SSSR count). The maximum absolute atomic E-state index is 4.85. The Kier molecular flexibility index (Phi) is 2.22. The molecule has 0 atom stereocenters. The fourth-order valence-corrected chi connectivity index (χ4v) is 3.20. The average Bonchev–Trinajstić information content (AvgIpc) is 3.04. The van der Waals surface area contributed by atoms with Crippen LogP contribution in [0.1, 0.15) is 5.56 Å². The summed E-state index contributed by atoms with van der Waals surface area (Å²) in [5, 5.41) is 7.08. The largest absolute Gasteiger partial charge is 0.361 e. The number of amidine groups is 1. The number of H-pyrrole nitrogens is 1. The van der Waals surface area contributed by atoms with Crippen LogP contribution < -0.4 is 5.32 Å². The summed E-state index contributed by atoms with van der Waals surface area (Å²) in [6.45, 7) is 0. The van der Waals surface area contributed by atoms with Crippen molar-refractivity contribution in [3.8, 4) is 0 Å². The fraction of sp³-hybridized carbons (Fsp3) is 0. The maximum atomic E-state index is 4.85. The monoisotopic (exact) mass is 283 g/mol. The van der Waals surface area contributed by atoms with Crippen LogP contribution in [0.2, 0.25) is 0 Å². The van der Waals surface area contributed by atoms with Crippen molar-refractivity contribution in [1.29, 1.82) is 0 Å². The van der Waals surface area contributed by atoms with Gasteiger partial charge < -0.3 is 10.3 Å². The number of aromatic amines is 1. The van der Waals surface area contributed by atoms with E-state index in [1.807, 2.05) is 6.20 Å². The second-order valence-corrected chi connectivity index (χ2v) is 5.51. The van der Waals surface area contributed by atoms with Gasteiger partial charge in [0.25, 0.3) is 0 Å². The molecule has 0 fully saturated rings. The molecule has 0 radical (unpaired) electrons. The van der Waals surface area contributed by atoms with Crippen LogP contribution in [0.25, 0.3) is 21.7 Å². The van der Waals surface area contributed by atoms with Gasteiger partial charge in [-0.2, -0.15) is 0 Å². The molecule has 0 bridgehead atoms. The van der Waals surface area contributed by atoms with E-state index in [1.54, 1.807) is 0 Å². The number of fused-ring (bicyclic) bond motifs is 1. The number of aliphatic imine (C=N–C) groups is 1. The molecule has 2 heterocycles. The molecule has 3 aromatic carbocycles. The topological polar surface area (TPSA) is 40.2 Å². The molecule has 2 N–H and O–H groups in total. The maximum Gasteiger partial charge on any atom is 0.140 e. The van der Waals surface area contributed by atoms with Crippen molar-refractivity contribution in [1.82, 2.24) is 4.98 Å². The number of nitrogens with zero attached hydrogens (tertiary/aromatic N) is 1. The molecule has 0 unspecified atom stereocenters. The summed E-state index contributed by atoms with van der Waals surface area (Å²) in [5.74, 6) is 0.888. The number of benzene rings is 3. The van der Waals surface area contributed by atoms with Crippen molar-refractivity contribution < 1.29 is 0 Å². The SMILES string of the molecule is c1cc(C2=Nc3cccc4cccc(c34)N2)c2[nH]ccc2c1. The van der Waals surface area contributed by atoms with Crippen molar-refractivity contribution in [3.63, 3.8) is 0 Å². The lowest BCUT2D eigenvalue weighted by molar-refractivity contribution is 1.44. The number of rotatable bonds is 1. The van der Waals surface area contributed by atoms with Crippen molar-refractivity contribution in [2.75, 3.05) is 5.32 Å². The van der Waals surface area contributed by atoms with Gasteiger partial charge in [-0.15, -0.1) is 0 Å². The van der Waals surface area contributed by atoms with E-state index in [4.69, 9.17) is 4.99 Å². The highest BCUT2D eigenvalue weighted by molar-refractivity contribution is 6.22. The summed E-state index contributed by atoms with van der Waals surface area (Å²) < 4.78 is 0. The van der Waals surface area contributed by atoms with E-state index in [0.717, 1.165) is 28.3 Å². The van der Waals surface area contributed by atoms with Crippen LogP contribution in [-0.2, 0) is 0 Å². The summed E-state index contributed by atoms with van der Waals surface area (Å²) in [7, 11) is 0.